The van der Waals surface area contributed by atoms with Crippen LogP contribution in [0.1, 0.15) is 29.8 Å². The van der Waals surface area contributed by atoms with Crippen molar-refractivity contribution in [3.8, 4) is 0 Å². The molecule has 1 fully saturated rings. The predicted octanol–water partition coefficient (Wildman–Crippen LogP) is 1.48. The van der Waals surface area contributed by atoms with Gasteiger partial charge in [-0.1, -0.05) is 12.1 Å². The zero-order valence-electron chi connectivity index (χ0n) is 12.6. The molecule has 2 rings (SSSR count). The van der Waals surface area contributed by atoms with Crippen LogP contribution >= 0.6 is 0 Å². The summed E-state index contributed by atoms with van der Waals surface area (Å²) < 4.78 is 28.3. The standard InChI is InChI=1S/C15H21NO4S/c1-11-8-16(9-12(2)20-11)15(17)14-6-4-5-13(7-14)10-21(3,18)19/h4-7,11-12H,8-10H2,1-3H3/t11-,12+. The first-order valence-corrected chi connectivity index (χ1v) is 9.02. The minimum atomic E-state index is -3.11. The summed E-state index contributed by atoms with van der Waals surface area (Å²) in [6.07, 6.45) is 1.21. The maximum absolute atomic E-state index is 12.5. The zero-order valence-corrected chi connectivity index (χ0v) is 13.4. The molecule has 0 saturated carbocycles. The Kier molecular flexibility index (Phi) is 4.68. The number of hydrogen-bond acceptors (Lipinski definition) is 4. The maximum atomic E-state index is 12.5. The topological polar surface area (TPSA) is 63.7 Å². The Bertz CT molecular complexity index is 616. The van der Waals surface area contributed by atoms with Gasteiger partial charge in [-0.2, -0.15) is 0 Å². The maximum Gasteiger partial charge on any atom is 0.254 e. The van der Waals surface area contributed by atoms with E-state index in [4.69, 9.17) is 4.74 Å². The fourth-order valence-electron chi connectivity index (χ4n) is 2.62. The molecule has 1 amide bonds. The fraction of sp³-hybridized carbons (Fsp3) is 0.533. The summed E-state index contributed by atoms with van der Waals surface area (Å²) in [6.45, 7) is 4.99. The Hall–Kier alpha value is -1.40. The van der Waals surface area contributed by atoms with Crippen LogP contribution in [0, 0.1) is 0 Å². The summed E-state index contributed by atoms with van der Waals surface area (Å²) in [4.78, 5) is 14.3. The minimum Gasteiger partial charge on any atom is -0.372 e. The normalized spacial score (nSPS) is 23.1. The van der Waals surface area contributed by atoms with Gasteiger partial charge >= 0.3 is 0 Å². The van der Waals surface area contributed by atoms with Crippen LogP contribution in [0.25, 0.3) is 0 Å². The third-order valence-electron chi connectivity index (χ3n) is 3.31. The van der Waals surface area contributed by atoms with Gasteiger partial charge in [0, 0.05) is 24.9 Å². The SMILES string of the molecule is C[C@@H]1CN(C(=O)c2cccc(CS(C)(=O)=O)c2)C[C@H](C)O1. The van der Waals surface area contributed by atoms with Crippen molar-refractivity contribution in [1.29, 1.82) is 0 Å². The first-order chi connectivity index (χ1) is 9.74. The van der Waals surface area contributed by atoms with Crippen LogP contribution in [0.2, 0.25) is 0 Å². The third-order valence-corrected chi connectivity index (χ3v) is 4.17. The molecular formula is C15H21NO4S. The van der Waals surface area contributed by atoms with Crippen LogP contribution in [-0.4, -0.2) is 50.8 Å². The molecule has 1 heterocycles. The average molecular weight is 311 g/mol. The molecule has 0 bridgehead atoms. The Balaban J connectivity index is 2.17. The van der Waals surface area contributed by atoms with Gasteiger partial charge in [-0.05, 0) is 31.5 Å². The lowest BCUT2D eigenvalue weighted by atomic mass is 10.1. The molecular weight excluding hydrogens is 290 g/mol. The summed E-state index contributed by atoms with van der Waals surface area (Å²) in [5, 5.41) is 0. The molecule has 1 aliphatic heterocycles. The van der Waals surface area contributed by atoms with Gasteiger partial charge in [0.1, 0.15) is 0 Å². The quantitative estimate of drug-likeness (QED) is 0.848. The van der Waals surface area contributed by atoms with E-state index in [1.54, 1.807) is 29.2 Å². The monoisotopic (exact) mass is 311 g/mol. The second-order valence-corrected chi connectivity index (χ2v) is 7.88. The van der Waals surface area contributed by atoms with Gasteiger partial charge in [0.05, 0.1) is 18.0 Å². The molecule has 6 heteroatoms. The van der Waals surface area contributed by atoms with E-state index in [1.807, 2.05) is 13.8 Å². The largest absolute Gasteiger partial charge is 0.372 e. The minimum absolute atomic E-state index is 0.0110. The van der Waals surface area contributed by atoms with E-state index in [-0.39, 0.29) is 23.9 Å². The molecule has 0 N–H and O–H groups in total. The van der Waals surface area contributed by atoms with Crippen LogP contribution in [0.4, 0.5) is 0 Å². The molecule has 0 aliphatic carbocycles. The smallest absolute Gasteiger partial charge is 0.254 e. The van der Waals surface area contributed by atoms with E-state index in [0.29, 0.717) is 24.2 Å². The second-order valence-electron chi connectivity index (χ2n) is 5.74. The summed E-state index contributed by atoms with van der Waals surface area (Å²) in [5.74, 6) is -0.128. The van der Waals surface area contributed by atoms with Gasteiger partial charge in [0.25, 0.3) is 5.91 Å². The van der Waals surface area contributed by atoms with Gasteiger partial charge in [0.15, 0.2) is 9.84 Å². The molecule has 1 aromatic rings. The van der Waals surface area contributed by atoms with Crippen molar-refractivity contribution in [2.24, 2.45) is 0 Å². The molecule has 0 radical (unpaired) electrons. The number of carbonyl (C=O) groups is 1. The van der Waals surface area contributed by atoms with Crippen molar-refractivity contribution in [2.75, 3.05) is 19.3 Å². The van der Waals surface area contributed by atoms with E-state index in [9.17, 15) is 13.2 Å². The van der Waals surface area contributed by atoms with Crippen molar-refractivity contribution in [1.82, 2.24) is 4.90 Å². The third kappa shape index (κ3) is 4.54. The number of rotatable bonds is 3. The first kappa shape index (κ1) is 16.0. The molecule has 1 saturated heterocycles. The highest BCUT2D eigenvalue weighted by molar-refractivity contribution is 7.89. The lowest BCUT2D eigenvalue weighted by Gasteiger charge is -2.35. The van der Waals surface area contributed by atoms with E-state index in [0.717, 1.165) is 0 Å². The molecule has 5 nitrogen and oxygen atoms in total. The van der Waals surface area contributed by atoms with Crippen molar-refractivity contribution >= 4 is 15.7 Å². The van der Waals surface area contributed by atoms with E-state index in [1.165, 1.54) is 6.26 Å². The summed E-state index contributed by atoms with van der Waals surface area (Å²) >= 11 is 0. The first-order valence-electron chi connectivity index (χ1n) is 6.96. The molecule has 0 unspecified atom stereocenters. The van der Waals surface area contributed by atoms with Crippen molar-refractivity contribution in [2.45, 2.75) is 31.8 Å². The number of carbonyl (C=O) groups excluding carboxylic acids is 1. The fourth-order valence-corrected chi connectivity index (χ4v) is 3.41. The Morgan fingerprint density at radius 3 is 2.48 bits per heavy atom. The molecule has 0 spiro atoms. The summed E-state index contributed by atoms with van der Waals surface area (Å²) in [6, 6.07) is 6.83. The highest BCUT2D eigenvalue weighted by Gasteiger charge is 2.26. The molecule has 2 atom stereocenters. The highest BCUT2D eigenvalue weighted by Crippen LogP contribution is 2.16. The number of nitrogens with zero attached hydrogens (tertiary/aromatic N) is 1. The zero-order chi connectivity index (χ0) is 15.6. The predicted molar refractivity (Wildman–Crippen MR) is 80.9 cm³/mol. The highest BCUT2D eigenvalue weighted by atomic mass is 32.2. The van der Waals surface area contributed by atoms with Crippen molar-refractivity contribution in [3.63, 3.8) is 0 Å². The van der Waals surface area contributed by atoms with Gasteiger partial charge in [-0.25, -0.2) is 8.42 Å². The molecule has 21 heavy (non-hydrogen) atoms. The number of ether oxygens (including phenoxy) is 1. The lowest BCUT2D eigenvalue weighted by Crippen LogP contribution is -2.48. The van der Waals surface area contributed by atoms with Gasteiger partial charge in [-0.15, -0.1) is 0 Å². The van der Waals surface area contributed by atoms with Crippen LogP contribution in [0.5, 0.6) is 0 Å². The van der Waals surface area contributed by atoms with E-state index < -0.39 is 9.84 Å². The Labute approximate surface area is 125 Å². The van der Waals surface area contributed by atoms with Crippen LogP contribution in [0.15, 0.2) is 24.3 Å². The van der Waals surface area contributed by atoms with Gasteiger partial charge < -0.3 is 9.64 Å². The molecule has 1 aliphatic rings. The van der Waals surface area contributed by atoms with Crippen LogP contribution < -0.4 is 0 Å². The van der Waals surface area contributed by atoms with Crippen LogP contribution in [-0.2, 0) is 20.3 Å². The number of benzene rings is 1. The summed E-state index contributed by atoms with van der Waals surface area (Å²) in [5.41, 5.74) is 1.16. The van der Waals surface area contributed by atoms with Crippen LogP contribution in [0.3, 0.4) is 0 Å². The van der Waals surface area contributed by atoms with Crippen molar-refractivity contribution in [3.05, 3.63) is 35.4 Å². The van der Waals surface area contributed by atoms with E-state index >= 15 is 0 Å². The summed E-state index contributed by atoms with van der Waals surface area (Å²) in [7, 11) is -3.11. The van der Waals surface area contributed by atoms with Gasteiger partial charge in [0.2, 0.25) is 0 Å². The number of hydrogen-bond donors (Lipinski definition) is 0. The molecule has 0 aromatic heterocycles. The lowest BCUT2D eigenvalue weighted by molar-refractivity contribution is -0.0586. The molecule has 116 valence electrons. The number of amides is 1. The number of sulfone groups is 1. The Morgan fingerprint density at radius 2 is 1.90 bits per heavy atom. The number of morpholine rings is 1. The average Bonchev–Trinajstić information content (AvgIpc) is 2.35. The Morgan fingerprint density at radius 1 is 1.29 bits per heavy atom. The second kappa shape index (κ2) is 6.15. The molecule has 1 aromatic carbocycles. The van der Waals surface area contributed by atoms with Gasteiger partial charge in [-0.3, -0.25) is 4.79 Å². The van der Waals surface area contributed by atoms with E-state index in [2.05, 4.69) is 0 Å². The van der Waals surface area contributed by atoms with Crippen molar-refractivity contribution < 1.29 is 17.9 Å².